The Balaban J connectivity index is 1.49. The molecule has 0 spiro atoms. The summed E-state index contributed by atoms with van der Waals surface area (Å²) in [6.45, 7) is 0.302. The fraction of sp³-hybridized carbons (Fsp3) is 0.182. The molecule has 1 unspecified atom stereocenters. The van der Waals surface area contributed by atoms with Crippen LogP contribution in [0.4, 0.5) is 16.2 Å². The van der Waals surface area contributed by atoms with Gasteiger partial charge in [0.25, 0.3) is 0 Å². The van der Waals surface area contributed by atoms with Crippen LogP contribution in [0, 0.1) is 0 Å². The van der Waals surface area contributed by atoms with Crippen LogP contribution in [0.25, 0.3) is 10.8 Å². The predicted octanol–water partition coefficient (Wildman–Crippen LogP) is 3.28. The normalized spacial score (nSPS) is 11.6. The number of anilines is 2. The molecule has 0 heterocycles. The maximum Gasteiger partial charge on any atom is 0.409 e. The molecule has 0 aliphatic heterocycles. The number of amides is 2. The van der Waals surface area contributed by atoms with Crippen molar-refractivity contribution in [3.05, 3.63) is 72.3 Å². The van der Waals surface area contributed by atoms with Crippen LogP contribution in [0.5, 0.6) is 0 Å². The predicted molar refractivity (Wildman–Crippen MR) is 120 cm³/mol. The molecule has 162 valence electrons. The molecular formula is C22H22N3O5S-. The average molecular weight is 441 g/mol. The van der Waals surface area contributed by atoms with E-state index in [1.165, 1.54) is 4.31 Å². The molecule has 0 radical (unpaired) electrons. The second-order valence-electron chi connectivity index (χ2n) is 6.83. The topological polar surface area (TPSA) is 122 Å². The Morgan fingerprint density at radius 1 is 1.00 bits per heavy atom. The van der Waals surface area contributed by atoms with Crippen LogP contribution in [0.1, 0.15) is 12.0 Å². The number of carbonyl (C=O) groups excluding carboxylic acids is 1. The van der Waals surface area contributed by atoms with Crippen molar-refractivity contribution in [3.8, 4) is 0 Å². The molecule has 0 aliphatic carbocycles. The Morgan fingerprint density at radius 2 is 1.71 bits per heavy atom. The number of aryl methyl sites for hydroxylation is 1. The lowest BCUT2D eigenvalue weighted by Crippen LogP contribution is -2.36. The smallest absolute Gasteiger partial charge is 0.409 e. The van der Waals surface area contributed by atoms with Gasteiger partial charge in [-0.25, -0.2) is 4.79 Å². The Hall–Kier alpha value is -3.43. The molecular weight excluding hydrogens is 418 g/mol. The van der Waals surface area contributed by atoms with E-state index in [4.69, 9.17) is 5.11 Å². The summed E-state index contributed by atoms with van der Waals surface area (Å²) >= 11 is -2.47. The van der Waals surface area contributed by atoms with Crippen molar-refractivity contribution in [3.63, 3.8) is 0 Å². The lowest BCUT2D eigenvalue weighted by Gasteiger charge is -2.26. The first-order valence-electron chi connectivity index (χ1n) is 9.64. The number of nitrogens with one attached hydrogen (secondary N) is 2. The third kappa shape index (κ3) is 6.53. The third-order valence-corrected chi connectivity index (χ3v) is 5.44. The number of hydrogen-bond acceptors (Lipinski definition) is 4. The molecule has 0 fully saturated rings. The maximum absolute atomic E-state index is 12.1. The van der Waals surface area contributed by atoms with Gasteiger partial charge in [0, 0.05) is 42.2 Å². The summed E-state index contributed by atoms with van der Waals surface area (Å²) in [6, 6.07) is 19.8. The van der Waals surface area contributed by atoms with Gasteiger partial charge in [-0.3, -0.25) is 14.3 Å². The molecule has 0 aromatic heterocycles. The fourth-order valence-corrected chi connectivity index (χ4v) is 3.67. The van der Waals surface area contributed by atoms with Crippen molar-refractivity contribution in [1.29, 1.82) is 0 Å². The molecule has 3 aromatic rings. The summed E-state index contributed by atoms with van der Waals surface area (Å²) in [5.41, 5.74) is 1.89. The minimum atomic E-state index is -2.47. The Kier molecular flexibility index (Phi) is 7.58. The van der Waals surface area contributed by atoms with Crippen LogP contribution in [0.2, 0.25) is 0 Å². The van der Waals surface area contributed by atoms with E-state index in [-0.39, 0.29) is 25.4 Å². The summed E-state index contributed by atoms with van der Waals surface area (Å²) in [5, 5.41) is 15.6. The van der Waals surface area contributed by atoms with Gasteiger partial charge in [0.05, 0.1) is 0 Å². The third-order valence-electron chi connectivity index (χ3n) is 4.68. The quantitative estimate of drug-likeness (QED) is 0.441. The van der Waals surface area contributed by atoms with Gasteiger partial charge in [-0.15, -0.1) is 0 Å². The molecule has 8 nitrogen and oxygen atoms in total. The number of fused-ring (bicyclic) bond motifs is 1. The van der Waals surface area contributed by atoms with Crippen LogP contribution in [-0.2, 0) is 22.5 Å². The lowest BCUT2D eigenvalue weighted by atomic mass is 10.1. The first-order valence-corrected chi connectivity index (χ1v) is 10.7. The largest absolute Gasteiger partial charge is 0.755 e. The highest BCUT2D eigenvalue weighted by Gasteiger charge is 2.09. The minimum absolute atomic E-state index is 0.121. The second kappa shape index (κ2) is 10.6. The molecule has 9 heteroatoms. The van der Waals surface area contributed by atoms with Crippen LogP contribution < -0.4 is 14.9 Å². The number of carbonyl (C=O) groups is 2. The van der Waals surface area contributed by atoms with E-state index < -0.39 is 17.4 Å². The van der Waals surface area contributed by atoms with E-state index in [1.54, 1.807) is 36.4 Å². The second-order valence-corrected chi connectivity index (χ2v) is 7.70. The minimum Gasteiger partial charge on any atom is -0.755 e. The highest BCUT2D eigenvalue weighted by atomic mass is 32.2. The van der Waals surface area contributed by atoms with Crippen LogP contribution >= 0.6 is 0 Å². The first-order chi connectivity index (χ1) is 14.9. The summed E-state index contributed by atoms with van der Waals surface area (Å²) in [4.78, 5) is 22.7. The van der Waals surface area contributed by atoms with Gasteiger partial charge in [-0.05, 0) is 47.0 Å². The number of hydrogen-bond donors (Lipinski definition) is 3. The van der Waals surface area contributed by atoms with E-state index in [9.17, 15) is 18.4 Å². The summed E-state index contributed by atoms with van der Waals surface area (Å²) in [6.07, 6.45) is -0.410. The van der Waals surface area contributed by atoms with E-state index in [0.29, 0.717) is 17.8 Å². The molecule has 2 amide bonds. The van der Waals surface area contributed by atoms with Crippen molar-refractivity contribution in [1.82, 2.24) is 5.32 Å². The van der Waals surface area contributed by atoms with E-state index in [0.717, 1.165) is 16.3 Å². The van der Waals surface area contributed by atoms with Gasteiger partial charge in [0.15, 0.2) is 0 Å². The number of nitrogens with zero attached hydrogens (tertiary/aromatic N) is 1. The SMILES string of the molecule is O=C(O)Nc1ccc(CCC(=O)NCCN(c2ccc3ccccc3c2)S(=O)[O-])cc1. The van der Waals surface area contributed by atoms with Crippen LogP contribution in [0.3, 0.4) is 0 Å². The number of carboxylic acid groups (broad SMARTS) is 1. The summed E-state index contributed by atoms with van der Waals surface area (Å²) < 4.78 is 24.6. The summed E-state index contributed by atoms with van der Waals surface area (Å²) in [5.74, 6) is -0.192. The summed E-state index contributed by atoms with van der Waals surface area (Å²) in [7, 11) is 0. The van der Waals surface area contributed by atoms with Gasteiger partial charge in [0.2, 0.25) is 5.91 Å². The van der Waals surface area contributed by atoms with E-state index >= 15 is 0 Å². The van der Waals surface area contributed by atoms with Crippen molar-refractivity contribution in [2.45, 2.75) is 12.8 Å². The zero-order chi connectivity index (χ0) is 22.2. The van der Waals surface area contributed by atoms with Crippen molar-refractivity contribution in [2.24, 2.45) is 0 Å². The highest BCUT2D eigenvalue weighted by molar-refractivity contribution is 7.80. The number of benzene rings is 3. The van der Waals surface area contributed by atoms with Crippen molar-refractivity contribution in [2.75, 3.05) is 22.7 Å². The van der Waals surface area contributed by atoms with Crippen LogP contribution in [0.15, 0.2) is 66.7 Å². The lowest BCUT2D eigenvalue weighted by molar-refractivity contribution is -0.120. The highest BCUT2D eigenvalue weighted by Crippen LogP contribution is 2.22. The zero-order valence-corrected chi connectivity index (χ0v) is 17.4. The maximum atomic E-state index is 12.1. The fourth-order valence-electron chi connectivity index (χ4n) is 3.14. The molecule has 31 heavy (non-hydrogen) atoms. The van der Waals surface area contributed by atoms with Gasteiger partial charge >= 0.3 is 6.09 Å². The zero-order valence-electron chi connectivity index (χ0n) is 16.6. The van der Waals surface area contributed by atoms with Gasteiger partial charge < -0.3 is 19.3 Å². The molecule has 0 saturated heterocycles. The molecule has 0 saturated carbocycles. The molecule has 0 aliphatic rings. The van der Waals surface area contributed by atoms with Crippen LogP contribution in [-0.4, -0.2) is 39.0 Å². The number of rotatable bonds is 9. The standard InChI is InChI=1S/C22H23N3O5S/c26-21(12-7-16-5-9-19(10-6-16)24-22(27)28)23-13-14-25(31(29)30)20-11-8-17-3-1-2-4-18(17)15-20/h1-6,8-11,15,24H,7,12-14H2,(H,23,26)(H,27,28)(H,29,30)/p-1. The van der Waals surface area contributed by atoms with Crippen molar-refractivity contribution < 1.29 is 23.5 Å². The Labute approximate surface area is 182 Å². The molecule has 3 aromatic carbocycles. The first kappa shape index (κ1) is 22.3. The molecule has 3 rings (SSSR count). The Morgan fingerprint density at radius 3 is 2.39 bits per heavy atom. The Bertz CT molecular complexity index is 1090. The molecule has 3 N–H and O–H groups in total. The molecule has 1 atom stereocenters. The van der Waals surface area contributed by atoms with E-state index in [1.807, 2.05) is 30.3 Å². The molecule has 0 bridgehead atoms. The van der Waals surface area contributed by atoms with Gasteiger partial charge in [-0.2, -0.15) is 0 Å². The van der Waals surface area contributed by atoms with Crippen molar-refractivity contribution >= 4 is 45.4 Å². The monoisotopic (exact) mass is 440 g/mol. The van der Waals surface area contributed by atoms with Gasteiger partial charge in [0.1, 0.15) is 0 Å². The van der Waals surface area contributed by atoms with Gasteiger partial charge in [-0.1, -0.05) is 42.5 Å². The van der Waals surface area contributed by atoms with E-state index in [2.05, 4.69) is 10.6 Å². The average Bonchev–Trinajstić information content (AvgIpc) is 2.75.